The second-order valence-corrected chi connectivity index (χ2v) is 7.29. The van der Waals surface area contributed by atoms with Crippen LogP contribution in [0, 0.1) is 6.92 Å². The molecule has 0 unspecified atom stereocenters. The smallest absolute Gasteiger partial charge is 0.350 e. The topological polar surface area (TPSA) is 77.6 Å². The molecule has 3 aromatic heterocycles. The van der Waals surface area contributed by atoms with Crippen LogP contribution in [-0.4, -0.2) is 30.5 Å². The minimum absolute atomic E-state index is 0.0427. The van der Waals surface area contributed by atoms with Gasteiger partial charge in [-0.1, -0.05) is 0 Å². The number of hydrogen-bond donors (Lipinski definition) is 1. The Bertz CT molecular complexity index is 1060. The molecule has 29 heavy (non-hydrogen) atoms. The first kappa shape index (κ1) is 19.4. The predicted molar refractivity (Wildman–Crippen MR) is 99.0 cm³/mol. The van der Waals surface area contributed by atoms with Crippen molar-refractivity contribution in [3.63, 3.8) is 0 Å². The number of hydrogen-bond acceptors (Lipinski definition) is 4. The summed E-state index contributed by atoms with van der Waals surface area (Å²) in [5.41, 5.74) is 0.835. The average Bonchev–Trinajstić information content (AvgIpc) is 3.34. The van der Waals surface area contributed by atoms with Crippen LogP contribution in [0.4, 0.5) is 13.2 Å². The number of pyridine rings is 1. The van der Waals surface area contributed by atoms with Crippen LogP contribution in [0.1, 0.15) is 48.2 Å². The lowest BCUT2D eigenvalue weighted by molar-refractivity contribution is -0.136. The van der Waals surface area contributed by atoms with Gasteiger partial charge in [0.1, 0.15) is 6.54 Å². The first-order chi connectivity index (χ1) is 13.8. The van der Waals surface area contributed by atoms with E-state index in [1.165, 1.54) is 11.6 Å². The quantitative estimate of drug-likeness (QED) is 0.682. The van der Waals surface area contributed by atoms with E-state index in [-0.39, 0.29) is 41.6 Å². The molecule has 0 aliphatic heterocycles. The fourth-order valence-corrected chi connectivity index (χ4v) is 3.36. The largest absolute Gasteiger partial charge is 0.417 e. The Labute approximate surface area is 164 Å². The van der Waals surface area contributed by atoms with Gasteiger partial charge in [-0.3, -0.25) is 9.48 Å². The maximum Gasteiger partial charge on any atom is 0.417 e. The van der Waals surface area contributed by atoms with Gasteiger partial charge >= 0.3 is 6.18 Å². The number of fused-ring (bicyclic) bond motifs is 1. The van der Waals surface area contributed by atoms with Crippen molar-refractivity contribution >= 4 is 16.9 Å². The number of aromatic nitrogens is 5. The third kappa shape index (κ3) is 3.96. The van der Waals surface area contributed by atoms with Gasteiger partial charge < -0.3 is 5.32 Å². The number of nitrogens with one attached hydrogen (secondary N) is 1. The second-order valence-electron chi connectivity index (χ2n) is 7.29. The van der Waals surface area contributed by atoms with E-state index in [1.807, 2.05) is 13.1 Å². The molecule has 1 aliphatic carbocycles. The summed E-state index contributed by atoms with van der Waals surface area (Å²) in [6.07, 6.45) is 0.637. The Morgan fingerprint density at radius 3 is 2.72 bits per heavy atom. The highest BCUT2D eigenvalue weighted by Gasteiger charge is 2.37. The monoisotopic (exact) mass is 406 g/mol. The Kier molecular flexibility index (Phi) is 4.79. The van der Waals surface area contributed by atoms with Crippen LogP contribution in [0.5, 0.6) is 0 Å². The molecule has 7 nitrogen and oxygen atoms in total. The van der Waals surface area contributed by atoms with Crippen molar-refractivity contribution in [1.82, 2.24) is 29.9 Å². The molecule has 1 aliphatic rings. The summed E-state index contributed by atoms with van der Waals surface area (Å²) in [5, 5.41) is 11.0. The first-order valence-corrected chi connectivity index (χ1v) is 9.49. The molecule has 1 fully saturated rings. The lowest BCUT2D eigenvalue weighted by atomic mass is 10.1. The van der Waals surface area contributed by atoms with Gasteiger partial charge in [-0.15, -0.1) is 0 Å². The first-order valence-electron chi connectivity index (χ1n) is 9.49. The van der Waals surface area contributed by atoms with E-state index in [4.69, 9.17) is 0 Å². The maximum absolute atomic E-state index is 13.6. The van der Waals surface area contributed by atoms with Crippen molar-refractivity contribution in [1.29, 1.82) is 0 Å². The zero-order valence-corrected chi connectivity index (χ0v) is 16.1. The summed E-state index contributed by atoms with van der Waals surface area (Å²) in [5.74, 6) is -0.307. The molecule has 3 aromatic rings. The predicted octanol–water partition coefficient (Wildman–Crippen LogP) is 3.17. The third-order valence-corrected chi connectivity index (χ3v) is 4.99. The van der Waals surface area contributed by atoms with E-state index in [0.29, 0.717) is 5.69 Å². The molecule has 0 atom stereocenters. The number of alkyl halides is 3. The lowest BCUT2D eigenvalue weighted by Gasteiger charge is -2.11. The lowest BCUT2D eigenvalue weighted by Crippen LogP contribution is -2.27. The van der Waals surface area contributed by atoms with Crippen LogP contribution >= 0.6 is 0 Å². The molecule has 0 bridgehead atoms. The number of carbonyl (C=O) groups excluding carboxylic acids is 1. The number of carbonyl (C=O) groups is 1. The average molecular weight is 406 g/mol. The van der Waals surface area contributed by atoms with E-state index >= 15 is 0 Å². The molecule has 0 saturated heterocycles. The summed E-state index contributed by atoms with van der Waals surface area (Å²) in [4.78, 5) is 16.8. The minimum Gasteiger partial charge on any atom is -0.350 e. The van der Waals surface area contributed by atoms with E-state index in [1.54, 1.807) is 10.9 Å². The Morgan fingerprint density at radius 2 is 2.10 bits per heavy atom. The number of rotatable bonds is 6. The zero-order chi connectivity index (χ0) is 20.8. The zero-order valence-electron chi connectivity index (χ0n) is 16.1. The maximum atomic E-state index is 13.6. The number of halogens is 3. The molecule has 3 heterocycles. The standard InChI is InChI=1S/C19H21F3N6O/c1-3-27-9-12(8-24-27)7-23-16(29)10-28-18-17(11(2)26-28)14(19(20,21)22)6-15(25-18)13-4-5-13/h6,8-9,13H,3-5,7,10H2,1-2H3,(H,23,29). The summed E-state index contributed by atoms with van der Waals surface area (Å²) < 4.78 is 43.9. The molecular weight excluding hydrogens is 385 g/mol. The molecule has 10 heteroatoms. The van der Waals surface area contributed by atoms with Crippen molar-refractivity contribution in [2.24, 2.45) is 0 Å². The van der Waals surface area contributed by atoms with Gasteiger partial charge in [-0.25, -0.2) is 9.67 Å². The van der Waals surface area contributed by atoms with Gasteiger partial charge in [-0.2, -0.15) is 23.4 Å². The highest BCUT2D eigenvalue weighted by molar-refractivity contribution is 5.85. The summed E-state index contributed by atoms with van der Waals surface area (Å²) in [6.45, 7) is 4.27. The van der Waals surface area contributed by atoms with Crippen LogP contribution in [0.2, 0.25) is 0 Å². The summed E-state index contributed by atoms with van der Waals surface area (Å²) in [7, 11) is 0. The van der Waals surface area contributed by atoms with Crippen LogP contribution in [0.15, 0.2) is 18.5 Å². The number of aryl methyl sites for hydroxylation is 2. The molecular formula is C19H21F3N6O. The number of nitrogens with zero attached hydrogens (tertiary/aromatic N) is 5. The highest BCUT2D eigenvalue weighted by Crippen LogP contribution is 2.43. The number of amides is 1. The van der Waals surface area contributed by atoms with Crippen molar-refractivity contribution in [3.8, 4) is 0 Å². The van der Waals surface area contributed by atoms with Gasteiger partial charge in [0, 0.05) is 36.5 Å². The van der Waals surface area contributed by atoms with Crippen molar-refractivity contribution < 1.29 is 18.0 Å². The second kappa shape index (κ2) is 7.16. The normalized spacial score (nSPS) is 14.5. The molecule has 0 aromatic carbocycles. The fraction of sp³-hybridized carbons (Fsp3) is 0.474. The van der Waals surface area contributed by atoms with Gasteiger partial charge in [-0.05, 0) is 32.8 Å². The minimum atomic E-state index is -4.51. The van der Waals surface area contributed by atoms with Gasteiger partial charge in [0.15, 0.2) is 5.65 Å². The highest BCUT2D eigenvalue weighted by atomic mass is 19.4. The summed E-state index contributed by atoms with van der Waals surface area (Å²) in [6, 6.07) is 1.13. The molecule has 1 N–H and O–H groups in total. The Balaban J connectivity index is 1.60. The van der Waals surface area contributed by atoms with E-state index in [2.05, 4.69) is 20.5 Å². The molecule has 1 amide bonds. The van der Waals surface area contributed by atoms with Crippen molar-refractivity contribution in [2.45, 2.75) is 58.4 Å². The van der Waals surface area contributed by atoms with Gasteiger partial charge in [0.05, 0.1) is 22.8 Å². The van der Waals surface area contributed by atoms with E-state index < -0.39 is 11.7 Å². The van der Waals surface area contributed by atoms with Gasteiger partial charge in [0.25, 0.3) is 0 Å². The van der Waals surface area contributed by atoms with Crippen LogP contribution in [0.25, 0.3) is 11.0 Å². The SMILES string of the molecule is CCn1cc(CNC(=O)Cn2nc(C)c3c(C(F)(F)F)cc(C4CC4)nc32)cn1. The van der Waals surface area contributed by atoms with Crippen LogP contribution in [-0.2, 0) is 30.6 Å². The van der Waals surface area contributed by atoms with E-state index in [0.717, 1.165) is 31.0 Å². The van der Waals surface area contributed by atoms with Crippen LogP contribution in [0.3, 0.4) is 0 Å². The molecule has 1 saturated carbocycles. The Morgan fingerprint density at radius 1 is 1.34 bits per heavy atom. The Hall–Kier alpha value is -2.91. The molecule has 0 spiro atoms. The van der Waals surface area contributed by atoms with E-state index in [9.17, 15) is 18.0 Å². The van der Waals surface area contributed by atoms with Crippen molar-refractivity contribution in [2.75, 3.05) is 0 Å². The molecule has 4 rings (SSSR count). The fourth-order valence-electron chi connectivity index (χ4n) is 3.36. The van der Waals surface area contributed by atoms with Crippen LogP contribution < -0.4 is 5.32 Å². The molecule has 0 radical (unpaired) electrons. The van der Waals surface area contributed by atoms with Gasteiger partial charge in [0.2, 0.25) is 5.91 Å². The van der Waals surface area contributed by atoms with Crippen molar-refractivity contribution in [3.05, 3.63) is 41.0 Å². The third-order valence-electron chi connectivity index (χ3n) is 4.99. The molecule has 154 valence electrons. The summed E-state index contributed by atoms with van der Waals surface area (Å²) >= 11 is 0.